The first-order valence-corrected chi connectivity index (χ1v) is 17.3. The van der Waals surface area contributed by atoms with Crippen molar-refractivity contribution in [3.8, 4) is 0 Å². The van der Waals surface area contributed by atoms with E-state index < -0.39 is 69.7 Å². The van der Waals surface area contributed by atoms with Crippen LogP contribution in [0.2, 0.25) is 0 Å². The first-order valence-electron chi connectivity index (χ1n) is 17.3. The Labute approximate surface area is 264 Å². The molecule has 0 unspecified atom stereocenters. The maximum absolute atomic E-state index is 15.1. The highest BCUT2D eigenvalue weighted by molar-refractivity contribution is 5.92. The van der Waals surface area contributed by atoms with E-state index >= 15 is 4.79 Å². The molecule has 0 amide bonds. The number of cyclic esters (lactones) is 2. The molecule has 4 aliphatic carbocycles. The molecule has 9 heteroatoms. The average molecular weight is 623 g/mol. The van der Waals surface area contributed by atoms with Crippen LogP contribution in [0.15, 0.2) is 23.0 Å². The van der Waals surface area contributed by atoms with Crippen molar-refractivity contribution in [1.29, 1.82) is 0 Å². The minimum atomic E-state index is -1.38. The molecule has 1 aromatic heterocycles. The average Bonchev–Trinajstić information content (AvgIpc) is 3.25. The number of fused-ring (bicyclic) bond motifs is 1. The Hall–Kier alpha value is -2.23. The van der Waals surface area contributed by atoms with E-state index in [1.54, 1.807) is 12.5 Å². The van der Waals surface area contributed by atoms with E-state index in [1.807, 2.05) is 19.9 Å². The number of ketones is 1. The summed E-state index contributed by atoms with van der Waals surface area (Å²) in [6, 6.07) is 1.83. The van der Waals surface area contributed by atoms with Crippen LogP contribution in [-0.2, 0) is 33.3 Å². The number of furan rings is 1. The van der Waals surface area contributed by atoms with E-state index in [-0.39, 0.29) is 35.6 Å². The lowest BCUT2D eigenvalue weighted by atomic mass is 9.34. The van der Waals surface area contributed by atoms with E-state index in [9.17, 15) is 14.7 Å². The smallest absolute Gasteiger partial charge is 0.339 e. The van der Waals surface area contributed by atoms with Crippen LogP contribution in [-0.4, -0.2) is 58.9 Å². The van der Waals surface area contributed by atoms with Gasteiger partial charge in [0.25, 0.3) is 0 Å². The lowest BCUT2D eigenvalue weighted by molar-refractivity contribution is -0.266. The maximum Gasteiger partial charge on any atom is 0.339 e. The third kappa shape index (κ3) is 3.03. The second kappa shape index (κ2) is 8.62. The van der Waals surface area contributed by atoms with Crippen LogP contribution in [0.3, 0.4) is 0 Å². The van der Waals surface area contributed by atoms with Crippen molar-refractivity contribution in [3.63, 3.8) is 0 Å². The molecule has 3 spiro atoms. The van der Waals surface area contributed by atoms with Gasteiger partial charge in [-0.1, -0.05) is 40.5 Å². The SMILES string of the molecule is CC(C)CC[C@]1(C)O[C@H]2[C@@H]3C(=O)OC[C@]24[C@H]2[C@@H](CC35CCCC5)C[C@@]3(C)[C@H](c5ccoc5)OC(=O)[C@H]5O[C@]53[C@]2(C)[C@H](O)C(=O)[C@@H]41. The molecule has 1 aromatic rings. The summed E-state index contributed by atoms with van der Waals surface area (Å²) in [6.07, 6.45) is 6.65. The summed E-state index contributed by atoms with van der Waals surface area (Å²) >= 11 is 0. The van der Waals surface area contributed by atoms with Crippen LogP contribution in [0, 0.1) is 51.2 Å². The molecule has 2 bridgehead atoms. The van der Waals surface area contributed by atoms with Gasteiger partial charge in [0, 0.05) is 21.8 Å². The van der Waals surface area contributed by atoms with Gasteiger partial charge in [0.2, 0.25) is 0 Å². The predicted octanol–water partition coefficient (Wildman–Crippen LogP) is 4.94. The van der Waals surface area contributed by atoms with Gasteiger partial charge in [-0.2, -0.15) is 0 Å². The molecule has 13 atom stereocenters. The first kappa shape index (κ1) is 29.0. The molecule has 9 rings (SSSR count). The molecule has 5 heterocycles. The lowest BCUT2D eigenvalue weighted by Gasteiger charge is -2.68. The Morgan fingerprint density at radius 3 is 2.44 bits per heavy atom. The zero-order valence-corrected chi connectivity index (χ0v) is 27.0. The molecule has 0 aromatic carbocycles. The van der Waals surface area contributed by atoms with E-state index in [4.69, 9.17) is 23.4 Å². The third-order valence-electron chi connectivity index (χ3n) is 14.9. The molecule has 0 radical (unpaired) electrons. The molecular formula is C36H46O9. The van der Waals surface area contributed by atoms with Crippen LogP contribution in [0.1, 0.15) is 97.7 Å². The third-order valence-corrected chi connectivity index (χ3v) is 14.9. The number of aliphatic hydroxyl groups is 1. The number of aliphatic hydroxyl groups excluding tert-OH is 1. The second-order valence-electron chi connectivity index (χ2n) is 17.2. The van der Waals surface area contributed by atoms with Crippen molar-refractivity contribution in [2.45, 2.75) is 122 Å². The normalized spacial score (nSPS) is 53.4. The van der Waals surface area contributed by atoms with Crippen LogP contribution in [0.25, 0.3) is 0 Å². The number of carbonyl (C=O) groups is 3. The van der Waals surface area contributed by atoms with Gasteiger partial charge in [-0.3, -0.25) is 9.59 Å². The number of rotatable bonds is 4. The summed E-state index contributed by atoms with van der Waals surface area (Å²) in [5.74, 6) is -1.87. The summed E-state index contributed by atoms with van der Waals surface area (Å²) in [7, 11) is 0. The van der Waals surface area contributed by atoms with Crippen LogP contribution in [0.5, 0.6) is 0 Å². The van der Waals surface area contributed by atoms with Gasteiger partial charge in [0.05, 0.1) is 36.1 Å². The molecular weight excluding hydrogens is 576 g/mol. The van der Waals surface area contributed by atoms with E-state index in [1.165, 1.54) is 0 Å². The summed E-state index contributed by atoms with van der Waals surface area (Å²) < 4.78 is 31.8. The van der Waals surface area contributed by atoms with Gasteiger partial charge in [-0.15, -0.1) is 0 Å². The predicted molar refractivity (Wildman–Crippen MR) is 157 cm³/mol. The van der Waals surface area contributed by atoms with E-state index in [2.05, 4.69) is 20.8 Å². The summed E-state index contributed by atoms with van der Waals surface area (Å²) in [5.41, 5.74) is -4.29. The quantitative estimate of drug-likeness (QED) is 0.367. The molecule has 4 saturated heterocycles. The molecule has 244 valence electrons. The van der Waals surface area contributed by atoms with Gasteiger partial charge in [-0.05, 0) is 74.7 Å². The minimum Gasteiger partial charge on any atom is -0.472 e. The Morgan fingerprint density at radius 2 is 1.76 bits per heavy atom. The number of esters is 2. The Kier molecular flexibility index (Phi) is 5.54. The highest BCUT2D eigenvalue weighted by Crippen LogP contribution is 2.83. The fourth-order valence-corrected chi connectivity index (χ4v) is 13.6. The zero-order chi connectivity index (χ0) is 31.5. The largest absolute Gasteiger partial charge is 0.472 e. The standard InChI is InChI=1S/C36H46O9/c1-18(2)8-12-32(4)24-22(37)25(38)33(5)23-20(14-31(3)26(19-9-13-41-16-19)43-30(40)28-36(31,33)45-28)15-34(10-6-7-11-34)21-27(44-32)35(23,24)17-42-29(21)39/h9,13,16,18,20-21,23-28,38H,6-8,10-12,14-15,17H2,1-5H3/t20-,21-,23+,24-,25-,26+,27+,28-,31+,32+,33+,35-,36-/m1/s1. The summed E-state index contributed by atoms with van der Waals surface area (Å²) in [4.78, 5) is 42.8. The van der Waals surface area contributed by atoms with Crippen molar-refractivity contribution >= 4 is 17.7 Å². The van der Waals surface area contributed by atoms with Gasteiger partial charge in [0.15, 0.2) is 11.9 Å². The highest BCUT2D eigenvalue weighted by atomic mass is 16.7. The fraction of sp³-hybridized carbons (Fsp3) is 0.806. The number of Topliss-reactive ketones (excluding diaryl/α,β-unsaturated/α-hetero) is 1. The van der Waals surface area contributed by atoms with E-state index in [0.29, 0.717) is 18.8 Å². The maximum atomic E-state index is 15.1. The number of carbonyl (C=O) groups excluding carboxylic acids is 3. The molecule has 4 saturated carbocycles. The molecule has 8 fully saturated rings. The topological polar surface area (TPSA) is 125 Å². The molecule has 4 aliphatic heterocycles. The first-order chi connectivity index (χ1) is 21.3. The van der Waals surface area contributed by atoms with Gasteiger partial charge in [-0.25, -0.2) is 4.79 Å². The Morgan fingerprint density at radius 1 is 1.00 bits per heavy atom. The van der Waals surface area contributed by atoms with Crippen LogP contribution < -0.4 is 0 Å². The molecule has 9 nitrogen and oxygen atoms in total. The second-order valence-corrected chi connectivity index (χ2v) is 17.2. The van der Waals surface area contributed by atoms with Crippen molar-refractivity contribution in [1.82, 2.24) is 0 Å². The number of hydrogen-bond donors (Lipinski definition) is 1. The molecule has 1 N–H and O–H groups in total. The fourth-order valence-electron chi connectivity index (χ4n) is 13.6. The van der Waals surface area contributed by atoms with Gasteiger partial charge < -0.3 is 28.5 Å². The number of epoxide rings is 1. The van der Waals surface area contributed by atoms with Crippen molar-refractivity contribution in [3.05, 3.63) is 24.2 Å². The minimum absolute atomic E-state index is 0.0167. The lowest BCUT2D eigenvalue weighted by Crippen LogP contribution is -2.78. The Balaban J connectivity index is 1.31. The van der Waals surface area contributed by atoms with Crippen LogP contribution >= 0.6 is 0 Å². The number of ether oxygens (including phenoxy) is 4. The number of hydrogen-bond acceptors (Lipinski definition) is 9. The van der Waals surface area contributed by atoms with Crippen LogP contribution in [0.4, 0.5) is 0 Å². The van der Waals surface area contributed by atoms with Crippen molar-refractivity contribution in [2.24, 2.45) is 51.2 Å². The highest BCUT2D eigenvalue weighted by Gasteiger charge is 2.93. The Bertz CT molecular complexity index is 1480. The monoisotopic (exact) mass is 622 g/mol. The summed E-state index contributed by atoms with van der Waals surface area (Å²) in [6.45, 7) is 10.6. The van der Waals surface area contributed by atoms with Gasteiger partial charge >= 0.3 is 11.9 Å². The molecule has 8 aliphatic rings. The molecule has 45 heavy (non-hydrogen) atoms. The van der Waals surface area contributed by atoms with Gasteiger partial charge in [0.1, 0.15) is 24.4 Å². The zero-order valence-electron chi connectivity index (χ0n) is 27.0. The van der Waals surface area contributed by atoms with E-state index in [0.717, 1.165) is 44.1 Å². The summed E-state index contributed by atoms with van der Waals surface area (Å²) in [5, 5.41) is 12.6. The van der Waals surface area contributed by atoms with Crippen molar-refractivity contribution in [2.75, 3.05) is 6.61 Å². The van der Waals surface area contributed by atoms with Crippen molar-refractivity contribution < 1.29 is 42.9 Å².